The van der Waals surface area contributed by atoms with Gasteiger partial charge in [-0.15, -0.1) is 11.3 Å². The van der Waals surface area contributed by atoms with E-state index in [-0.39, 0.29) is 5.91 Å². The number of carbonyl (C=O) groups excluding carboxylic acids is 1. The third-order valence-electron chi connectivity index (χ3n) is 2.30. The first-order valence-corrected chi connectivity index (χ1v) is 6.86. The van der Waals surface area contributed by atoms with Crippen LogP contribution in [0, 0.1) is 13.8 Å². The van der Waals surface area contributed by atoms with Gasteiger partial charge in [-0.3, -0.25) is 4.79 Å². The molecule has 0 saturated carbocycles. The van der Waals surface area contributed by atoms with Gasteiger partial charge in [-0.1, -0.05) is 6.07 Å². The lowest BCUT2D eigenvalue weighted by Crippen LogP contribution is -2.10. The molecule has 17 heavy (non-hydrogen) atoms. The van der Waals surface area contributed by atoms with E-state index in [0.29, 0.717) is 4.88 Å². The monoisotopic (exact) mass is 309 g/mol. The first-order valence-electron chi connectivity index (χ1n) is 5.19. The summed E-state index contributed by atoms with van der Waals surface area (Å²) in [7, 11) is 0. The van der Waals surface area contributed by atoms with Gasteiger partial charge in [-0.2, -0.15) is 0 Å². The second-order valence-corrected chi connectivity index (χ2v) is 5.70. The standard InChI is InChI=1S/C13H12BrNOS/c1-8-5-9(2)7-10(6-8)15-13(16)12-11(14)3-4-17-12/h3-7H,1-2H3,(H,15,16). The summed E-state index contributed by atoms with van der Waals surface area (Å²) in [6.45, 7) is 4.04. The number of halogens is 1. The second-order valence-electron chi connectivity index (χ2n) is 3.93. The van der Waals surface area contributed by atoms with E-state index in [4.69, 9.17) is 0 Å². The number of anilines is 1. The molecule has 2 aromatic rings. The molecule has 0 unspecified atom stereocenters. The molecule has 2 rings (SSSR count). The van der Waals surface area contributed by atoms with Gasteiger partial charge in [-0.25, -0.2) is 0 Å². The molecule has 0 atom stereocenters. The van der Waals surface area contributed by atoms with Crippen LogP contribution >= 0.6 is 27.3 Å². The fourth-order valence-electron chi connectivity index (χ4n) is 1.69. The average molecular weight is 310 g/mol. The Hall–Kier alpha value is -1.13. The molecule has 1 aromatic heterocycles. The summed E-state index contributed by atoms with van der Waals surface area (Å²) in [5, 5.41) is 4.80. The maximum Gasteiger partial charge on any atom is 0.266 e. The number of nitrogens with one attached hydrogen (secondary N) is 1. The van der Waals surface area contributed by atoms with E-state index < -0.39 is 0 Å². The molecule has 2 nitrogen and oxygen atoms in total. The van der Waals surface area contributed by atoms with Gasteiger partial charge in [0, 0.05) is 10.2 Å². The second kappa shape index (κ2) is 5.02. The van der Waals surface area contributed by atoms with Crippen LogP contribution in [0.3, 0.4) is 0 Å². The Balaban J connectivity index is 2.21. The Morgan fingerprint density at radius 3 is 2.41 bits per heavy atom. The summed E-state index contributed by atoms with van der Waals surface area (Å²) in [5.74, 6) is -0.0723. The van der Waals surface area contributed by atoms with Crippen LogP contribution in [-0.2, 0) is 0 Å². The Morgan fingerprint density at radius 1 is 1.24 bits per heavy atom. The van der Waals surface area contributed by atoms with Crippen LogP contribution in [0.1, 0.15) is 20.8 Å². The summed E-state index contributed by atoms with van der Waals surface area (Å²) < 4.78 is 0.837. The van der Waals surface area contributed by atoms with Crippen LogP contribution in [-0.4, -0.2) is 5.91 Å². The molecule has 0 aliphatic rings. The van der Waals surface area contributed by atoms with Crippen LogP contribution in [0.5, 0.6) is 0 Å². The van der Waals surface area contributed by atoms with E-state index in [1.807, 2.05) is 37.4 Å². The normalized spacial score (nSPS) is 10.3. The van der Waals surface area contributed by atoms with Crippen molar-refractivity contribution in [3.8, 4) is 0 Å². The third kappa shape index (κ3) is 2.96. The SMILES string of the molecule is Cc1cc(C)cc(NC(=O)c2sccc2Br)c1. The molecule has 1 aromatic carbocycles. The summed E-state index contributed by atoms with van der Waals surface area (Å²) in [6.07, 6.45) is 0. The Bertz CT molecular complexity index is 542. The van der Waals surface area contributed by atoms with Gasteiger partial charge < -0.3 is 5.32 Å². The molecule has 1 amide bonds. The molecular weight excluding hydrogens is 298 g/mol. The van der Waals surface area contributed by atoms with Crippen LogP contribution in [0.15, 0.2) is 34.1 Å². The summed E-state index contributed by atoms with van der Waals surface area (Å²) in [6, 6.07) is 7.89. The fourth-order valence-corrected chi connectivity index (χ4v) is 3.14. The predicted octanol–water partition coefficient (Wildman–Crippen LogP) is 4.38. The van der Waals surface area contributed by atoms with Crippen molar-refractivity contribution in [2.75, 3.05) is 5.32 Å². The largest absolute Gasteiger partial charge is 0.321 e. The van der Waals surface area contributed by atoms with E-state index in [9.17, 15) is 4.79 Å². The highest BCUT2D eigenvalue weighted by atomic mass is 79.9. The number of carbonyl (C=O) groups is 1. The van der Waals surface area contributed by atoms with Crippen molar-refractivity contribution < 1.29 is 4.79 Å². The number of rotatable bonds is 2. The number of amides is 1. The van der Waals surface area contributed by atoms with Crippen molar-refractivity contribution >= 4 is 38.9 Å². The molecule has 0 saturated heterocycles. The fraction of sp³-hybridized carbons (Fsp3) is 0.154. The lowest BCUT2D eigenvalue weighted by molar-refractivity contribution is 0.103. The van der Waals surface area contributed by atoms with Crippen LogP contribution in [0.25, 0.3) is 0 Å². The highest BCUT2D eigenvalue weighted by Crippen LogP contribution is 2.24. The molecule has 0 spiro atoms. The first kappa shape index (κ1) is 12.3. The van der Waals surface area contributed by atoms with E-state index in [1.54, 1.807) is 0 Å². The van der Waals surface area contributed by atoms with Crippen LogP contribution < -0.4 is 5.32 Å². The first-order chi connectivity index (χ1) is 8.06. The zero-order chi connectivity index (χ0) is 12.4. The van der Waals surface area contributed by atoms with Crippen molar-refractivity contribution in [2.24, 2.45) is 0 Å². The Morgan fingerprint density at radius 2 is 1.88 bits per heavy atom. The third-order valence-corrected chi connectivity index (χ3v) is 4.14. The topological polar surface area (TPSA) is 29.1 Å². The van der Waals surface area contributed by atoms with Crippen molar-refractivity contribution in [3.63, 3.8) is 0 Å². The number of aryl methyl sites for hydroxylation is 2. The van der Waals surface area contributed by atoms with Crippen molar-refractivity contribution in [2.45, 2.75) is 13.8 Å². The molecule has 0 bridgehead atoms. The highest BCUT2D eigenvalue weighted by molar-refractivity contribution is 9.10. The Kier molecular flexibility index (Phi) is 3.64. The molecule has 88 valence electrons. The van der Waals surface area contributed by atoms with Gasteiger partial charge in [0.05, 0.1) is 0 Å². The molecule has 1 N–H and O–H groups in total. The smallest absolute Gasteiger partial charge is 0.266 e. The highest BCUT2D eigenvalue weighted by Gasteiger charge is 2.11. The van der Waals surface area contributed by atoms with Gasteiger partial charge in [-0.05, 0) is 64.5 Å². The van der Waals surface area contributed by atoms with Crippen molar-refractivity contribution in [1.82, 2.24) is 0 Å². The van der Waals surface area contributed by atoms with E-state index in [1.165, 1.54) is 11.3 Å². The number of hydrogen-bond donors (Lipinski definition) is 1. The zero-order valence-electron chi connectivity index (χ0n) is 9.58. The molecule has 1 heterocycles. The maximum absolute atomic E-state index is 12.0. The van der Waals surface area contributed by atoms with Crippen LogP contribution in [0.4, 0.5) is 5.69 Å². The Labute approximate surface area is 113 Å². The molecule has 4 heteroatoms. The van der Waals surface area contributed by atoms with Gasteiger partial charge in [0.15, 0.2) is 0 Å². The number of thiophene rings is 1. The number of hydrogen-bond acceptors (Lipinski definition) is 2. The minimum Gasteiger partial charge on any atom is -0.321 e. The molecule has 0 aliphatic carbocycles. The summed E-state index contributed by atoms with van der Waals surface area (Å²) in [5.41, 5.74) is 3.13. The molecular formula is C13H12BrNOS. The van der Waals surface area contributed by atoms with E-state index in [0.717, 1.165) is 21.3 Å². The van der Waals surface area contributed by atoms with Crippen molar-refractivity contribution in [1.29, 1.82) is 0 Å². The van der Waals surface area contributed by atoms with Gasteiger partial charge >= 0.3 is 0 Å². The van der Waals surface area contributed by atoms with Gasteiger partial charge in [0.2, 0.25) is 0 Å². The number of benzene rings is 1. The van der Waals surface area contributed by atoms with E-state index >= 15 is 0 Å². The predicted molar refractivity (Wildman–Crippen MR) is 75.9 cm³/mol. The minimum absolute atomic E-state index is 0.0723. The quantitative estimate of drug-likeness (QED) is 0.876. The van der Waals surface area contributed by atoms with Gasteiger partial charge in [0.25, 0.3) is 5.91 Å². The van der Waals surface area contributed by atoms with Gasteiger partial charge in [0.1, 0.15) is 4.88 Å². The zero-order valence-corrected chi connectivity index (χ0v) is 12.0. The molecule has 0 radical (unpaired) electrons. The minimum atomic E-state index is -0.0723. The van der Waals surface area contributed by atoms with Crippen molar-refractivity contribution in [3.05, 3.63) is 50.1 Å². The summed E-state index contributed by atoms with van der Waals surface area (Å²) in [4.78, 5) is 12.7. The lowest BCUT2D eigenvalue weighted by Gasteiger charge is -2.06. The lowest BCUT2D eigenvalue weighted by atomic mass is 10.1. The summed E-state index contributed by atoms with van der Waals surface area (Å²) >= 11 is 4.79. The maximum atomic E-state index is 12.0. The van der Waals surface area contributed by atoms with Crippen LogP contribution in [0.2, 0.25) is 0 Å². The van der Waals surface area contributed by atoms with E-state index in [2.05, 4.69) is 27.3 Å². The average Bonchev–Trinajstić information content (AvgIpc) is 2.62. The molecule has 0 fully saturated rings. The molecule has 0 aliphatic heterocycles.